The van der Waals surface area contributed by atoms with Gasteiger partial charge < -0.3 is 0 Å². The number of ketones is 1. The van der Waals surface area contributed by atoms with Gasteiger partial charge >= 0.3 is 0 Å². The topological polar surface area (TPSA) is 17.1 Å². The van der Waals surface area contributed by atoms with Crippen LogP contribution in [0.3, 0.4) is 0 Å². The quantitative estimate of drug-likeness (QED) is 0.582. The summed E-state index contributed by atoms with van der Waals surface area (Å²) >= 11 is 0. The first-order valence-corrected chi connectivity index (χ1v) is 5.30. The van der Waals surface area contributed by atoms with Crippen LogP contribution in [-0.2, 0) is 0 Å². The Labute approximate surface area is 89.1 Å². The fourth-order valence-corrected chi connectivity index (χ4v) is 2.55. The molecule has 0 N–H and O–H groups in total. The predicted octanol–water partition coefficient (Wildman–Crippen LogP) is 3.16. The summed E-state index contributed by atoms with van der Waals surface area (Å²) in [5.41, 5.74) is 4.19. The second-order valence-electron chi connectivity index (χ2n) is 4.17. The summed E-state index contributed by atoms with van der Waals surface area (Å²) in [5, 5.41) is 0. The molecule has 1 heteroatoms. The Balaban J connectivity index is 2.29. The number of hydrogen-bond donors (Lipinski definition) is 0. The number of benzene rings is 1. The molecule has 2 aliphatic rings. The lowest BCUT2D eigenvalue weighted by Crippen LogP contribution is -2.01. The molecule has 0 bridgehead atoms. The van der Waals surface area contributed by atoms with Gasteiger partial charge in [0.15, 0.2) is 5.78 Å². The lowest BCUT2D eigenvalue weighted by Gasteiger charge is -2.10. The smallest absolute Gasteiger partial charge is 0.190 e. The zero-order chi connectivity index (χ0) is 10.4. The SMILES string of the molecule is Cc1cccc2c1C(=O)C1=CCC=CC12. The predicted molar refractivity (Wildman–Crippen MR) is 60.1 cm³/mol. The Kier molecular flexibility index (Phi) is 1.69. The van der Waals surface area contributed by atoms with Crippen molar-refractivity contribution in [3.63, 3.8) is 0 Å². The van der Waals surface area contributed by atoms with Crippen LogP contribution < -0.4 is 0 Å². The first-order chi connectivity index (χ1) is 7.29. The number of carbonyl (C=O) groups excluding carboxylic acids is 1. The van der Waals surface area contributed by atoms with E-state index in [9.17, 15) is 4.79 Å². The maximum absolute atomic E-state index is 12.1. The second-order valence-corrected chi connectivity index (χ2v) is 4.17. The molecule has 15 heavy (non-hydrogen) atoms. The summed E-state index contributed by atoms with van der Waals surface area (Å²) < 4.78 is 0. The van der Waals surface area contributed by atoms with E-state index in [0.717, 1.165) is 23.1 Å². The van der Waals surface area contributed by atoms with Gasteiger partial charge in [0.25, 0.3) is 0 Å². The highest BCUT2D eigenvalue weighted by Crippen LogP contribution is 2.41. The van der Waals surface area contributed by atoms with Crippen molar-refractivity contribution in [1.82, 2.24) is 0 Å². The lowest BCUT2D eigenvalue weighted by atomic mass is 9.93. The highest BCUT2D eigenvalue weighted by Gasteiger charge is 2.34. The monoisotopic (exact) mass is 196 g/mol. The maximum atomic E-state index is 12.1. The molecule has 0 fully saturated rings. The Hall–Kier alpha value is -1.63. The lowest BCUT2D eigenvalue weighted by molar-refractivity contribution is 0.103. The molecule has 0 saturated heterocycles. The Morgan fingerprint density at radius 2 is 2.20 bits per heavy atom. The molecule has 0 aliphatic heterocycles. The summed E-state index contributed by atoms with van der Waals surface area (Å²) in [7, 11) is 0. The molecule has 0 heterocycles. The summed E-state index contributed by atoms with van der Waals surface area (Å²) in [6.07, 6.45) is 7.24. The van der Waals surface area contributed by atoms with Gasteiger partial charge in [0.2, 0.25) is 0 Å². The number of fused-ring (bicyclic) bond motifs is 3. The van der Waals surface area contributed by atoms with E-state index in [1.54, 1.807) is 0 Å². The number of Topliss-reactive ketones (excluding diaryl/α,β-unsaturated/α-hetero) is 1. The van der Waals surface area contributed by atoms with Gasteiger partial charge in [-0.3, -0.25) is 4.79 Å². The van der Waals surface area contributed by atoms with Crippen molar-refractivity contribution in [3.05, 3.63) is 58.7 Å². The van der Waals surface area contributed by atoms with Crippen molar-refractivity contribution in [2.75, 3.05) is 0 Å². The van der Waals surface area contributed by atoms with Gasteiger partial charge in [-0.05, 0) is 24.5 Å². The van der Waals surface area contributed by atoms with Crippen molar-refractivity contribution in [2.24, 2.45) is 0 Å². The normalized spacial score (nSPS) is 22.3. The van der Waals surface area contributed by atoms with Gasteiger partial charge in [-0.2, -0.15) is 0 Å². The first-order valence-electron chi connectivity index (χ1n) is 5.30. The van der Waals surface area contributed by atoms with Crippen LogP contribution >= 0.6 is 0 Å². The standard InChI is InChI=1S/C14H12O/c1-9-5-4-8-11-10-6-2-3-7-12(10)14(15)13(9)11/h2,4-8,10H,3H2,1H3. The van der Waals surface area contributed by atoms with Crippen LogP contribution in [0.5, 0.6) is 0 Å². The minimum Gasteiger partial charge on any atom is -0.289 e. The van der Waals surface area contributed by atoms with Crippen molar-refractivity contribution in [3.8, 4) is 0 Å². The zero-order valence-electron chi connectivity index (χ0n) is 8.66. The molecule has 0 radical (unpaired) electrons. The van der Waals surface area contributed by atoms with Crippen molar-refractivity contribution < 1.29 is 4.79 Å². The molecule has 1 unspecified atom stereocenters. The van der Waals surface area contributed by atoms with Gasteiger partial charge in [-0.15, -0.1) is 0 Å². The third-order valence-corrected chi connectivity index (χ3v) is 3.27. The van der Waals surface area contributed by atoms with Gasteiger partial charge in [-0.25, -0.2) is 0 Å². The third kappa shape index (κ3) is 1.06. The summed E-state index contributed by atoms with van der Waals surface area (Å²) in [6.45, 7) is 2.01. The number of aryl methyl sites for hydroxylation is 1. The molecule has 0 spiro atoms. The van der Waals surface area contributed by atoms with Crippen LogP contribution in [0.15, 0.2) is 42.0 Å². The highest BCUT2D eigenvalue weighted by molar-refractivity contribution is 6.15. The molecule has 0 amide bonds. The molecule has 2 aliphatic carbocycles. The van der Waals surface area contributed by atoms with Crippen molar-refractivity contribution in [1.29, 1.82) is 0 Å². The largest absolute Gasteiger partial charge is 0.289 e. The number of allylic oxidation sites excluding steroid dienone is 4. The van der Waals surface area contributed by atoms with E-state index in [1.165, 1.54) is 5.56 Å². The van der Waals surface area contributed by atoms with Gasteiger partial charge in [0.05, 0.1) is 0 Å². The van der Waals surface area contributed by atoms with Crippen LogP contribution in [0.4, 0.5) is 0 Å². The Morgan fingerprint density at radius 1 is 1.33 bits per heavy atom. The van der Waals surface area contributed by atoms with E-state index in [2.05, 4.69) is 24.3 Å². The van der Waals surface area contributed by atoms with Gasteiger partial charge in [0, 0.05) is 17.1 Å². The molecular weight excluding hydrogens is 184 g/mol. The van der Waals surface area contributed by atoms with Crippen molar-refractivity contribution in [2.45, 2.75) is 19.3 Å². The van der Waals surface area contributed by atoms with E-state index in [-0.39, 0.29) is 11.7 Å². The van der Waals surface area contributed by atoms with Crippen LogP contribution in [0.2, 0.25) is 0 Å². The molecule has 1 atom stereocenters. The molecule has 1 nitrogen and oxygen atoms in total. The first kappa shape index (κ1) is 8.66. The third-order valence-electron chi connectivity index (χ3n) is 3.27. The summed E-state index contributed by atoms with van der Waals surface area (Å²) in [6, 6.07) is 6.12. The van der Waals surface area contributed by atoms with Crippen molar-refractivity contribution >= 4 is 5.78 Å². The minimum absolute atomic E-state index is 0.223. The van der Waals surface area contributed by atoms with Gasteiger partial charge in [0.1, 0.15) is 0 Å². The number of hydrogen-bond acceptors (Lipinski definition) is 1. The molecule has 0 aromatic heterocycles. The van der Waals surface area contributed by atoms with Crippen LogP contribution in [-0.4, -0.2) is 5.78 Å². The Morgan fingerprint density at radius 3 is 3.07 bits per heavy atom. The maximum Gasteiger partial charge on any atom is 0.190 e. The average molecular weight is 196 g/mol. The fourth-order valence-electron chi connectivity index (χ4n) is 2.55. The summed E-state index contributed by atoms with van der Waals surface area (Å²) in [5.74, 6) is 0.457. The molecular formula is C14H12O. The highest BCUT2D eigenvalue weighted by atomic mass is 16.1. The number of carbonyl (C=O) groups is 1. The van der Waals surface area contributed by atoms with Crippen LogP contribution in [0.1, 0.15) is 33.8 Å². The van der Waals surface area contributed by atoms with E-state index in [0.29, 0.717) is 0 Å². The molecule has 1 aromatic carbocycles. The second kappa shape index (κ2) is 2.93. The van der Waals surface area contributed by atoms with Gasteiger partial charge in [-0.1, -0.05) is 36.4 Å². The molecule has 1 aromatic rings. The summed E-state index contributed by atoms with van der Waals surface area (Å²) in [4.78, 5) is 12.1. The van der Waals surface area contributed by atoms with E-state index < -0.39 is 0 Å². The van der Waals surface area contributed by atoms with Crippen LogP contribution in [0, 0.1) is 6.92 Å². The van der Waals surface area contributed by atoms with E-state index in [4.69, 9.17) is 0 Å². The fraction of sp³-hybridized carbons (Fsp3) is 0.214. The average Bonchev–Trinajstić information content (AvgIpc) is 2.55. The van der Waals surface area contributed by atoms with Crippen LogP contribution in [0.25, 0.3) is 0 Å². The molecule has 0 saturated carbocycles. The van der Waals surface area contributed by atoms with E-state index >= 15 is 0 Å². The zero-order valence-corrected chi connectivity index (χ0v) is 8.66. The van der Waals surface area contributed by atoms with E-state index in [1.807, 2.05) is 19.1 Å². The molecule has 3 rings (SSSR count). The minimum atomic E-state index is 0.223. The molecule has 74 valence electrons. The number of rotatable bonds is 0. The Bertz CT molecular complexity index is 506.